The largest absolute Gasteiger partial charge is 0.481 e. The van der Waals surface area contributed by atoms with E-state index in [4.69, 9.17) is 16.7 Å². The van der Waals surface area contributed by atoms with Crippen LogP contribution in [0.5, 0.6) is 0 Å². The molecule has 0 fully saturated rings. The number of halogens is 1. The summed E-state index contributed by atoms with van der Waals surface area (Å²) in [6.45, 7) is 1.95. The highest BCUT2D eigenvalue weighted by Gasteiger charge is 2.08. The summed E-state index contributed by atoms with van der Waals surface area (Å²) < 4.78 is 0. The number of carboxylic acids is 1. The fraction of sp³-hybridized carbons (Fsp3) is 0.500. The van der Waals surface area contributed by atoms with Gasteiger partial charge in [-0.05, 0) is 0 Å². The van der Waals surface area contributed by atoms with Gasteiger partial charge in [0.15, 0.2) is 0 Å². The molecule has 0 saturated heterocycles. The summed E-state index contributed by atoms with van der Waals surface area (Å²) in [4.78, 5) is 17.3. The number of aryl methyl sites for hydroxylation is 2. The zero-order valence-corrected chi connectivity index (χ0v) is 8.06. The molecule has 0 atom stereocenters. The van der Waals surface area contributed by atoms with E-state index in [1.54, 1.807) is 0 Å². The molecule has 0 aromatic carbocycles. The Labute approximate surface area is 80.9 Å². The second kappa shape index (κ2) is 4.28. The highest BCUT2D eigenvalue weighted by atomic mass is 35.5. The number of imidazole rings is 1. The Morgan fingerprint density at radius 3 is 2.85 bits per heavy atom. The third-order valence-electron chi connectivity index (χ3n) is 1.70. The summed E-state index contributed by atoms with van der Waals surface area (Å²) in [6, 6.07) is 0. The van der Waals surface area contributed by atoms with Gasteiger partial charge in [-0.1, -0.05) is 18.5 Å². The van der Waals surface area contributed by atoms with Crippen LogP contribution in [0.2, 0.25) is 5.15 Å². The summed E-state index contributed by atoms with van der Waals surface area (Å²) in [5.74, 6) is -0.0332. The maximum Gasteiger partial charge on any atom is 0.303 e. The molecule has 1 aromatic heterocycles. The van der Waals surface area contributed by atoms with Crippen molar-refractivity contribution in [3.8, 4) is 0 Å². The molecule has 0 unspecified atom stereocenters. The first-order valence-electron chi connectivity index (χ1n) is 4.08. The summed E-state index contributed by atoms with van der Waals surface area (Å²) >= 11 is 5.77. The van der Waals surface area contributed by atoms with E-state index in [0.717, 1.165) is 12.2 Å². The topological polar surface area (TPSA) is 66.0 Å². The van der Waals surface area contributed by atoms with E-state index in [2.05, 4.69) is 9.97 Å². The minimum absolute atomic E-state index is 0.0745. The van der Waals surface area contributed by atoms with Gasteiger partial charge in [0.05, 0.1) is 12.1 Å². The molecule has 0 aliphatic rings. The molecule has 2 N–H and O–H groups in total. The number of nitrogens with one attached hydrogen (secondary N) is 1. The Bertz CT molecular complexity index is 309. The average Bonchev–Trinajstić information content (AvgIpc) is 2.43. The minimum Gasteiger partial charge on any atom is -0.481 e. The van der Waals surface area contributed by atoms with Gasteiger partial charge >= 0.3 is 5.97 Å². The normalized spacial score (nSPS) is 10.3. The molecule has 0 aliphatic carbocycles. The zero-order valence-electron chi connectivity index (χ0n) is 7.30. The van der Waals surface area contributed by atoms with Crippen molar-refractivity contribution >= 4 is 17.6 Å². The van der Waals surface area contributed by atoms with Gasteiger partial charge in [-0.3, -0.25) is 4.79 Å². The van der Waals surface area contributed by atoms with E-state index < -0.39 is 5.97 Å². The van der Waals surface area contributed by atoms with Crippen molar-refractivity contribution in [2.45, 2.75) is 26.2 Å². The predicted molar refractivity (Wildman–Crippen MR) is 48.9 cm³/mol. The lowest BCUT2D eigenvalue weighted by Gasteiger charge is -1.93. The van der Waals surface area contributed by atoms with Crippen LogP contribution in [0.1, 0.15) is 24.9 Å². The van der Waals surface area contributed by atoms with Gasteiger partial charge in [0.25, 0.3) is 0 Å². The zero-order chi connectivity index (χ0) is 9.84. The van der Waals surface area contributed by atoms with Crippen LogP contribution in [0, 0.1) is 0 Å². The van der Waals surface area contributed by atoms with Crippen LogP contribution in [0.3, 0.4) is 0 Å². The van der Waals surface area contributed by atoms with Gasteiger partial charge in [0.1, 0.15) is 11.0 Å². The number of carboxylic acid groups (broad SMARTS) is 1. The van der Waals surface area contributed by atoms with E-state index in [-0.39, 0.29) is 6.42 Å². The van der Waals surface area contributed by atoms with Crippen LogP contribution in [0.25, 0.3) is 0 Å². The molecule has 0 spiro atoms. The molecule has 1 aromatic rings. The van der Waals surface area contributed by atoms with Gasteiger partial charge in [-0.25, -0.2) is 4.98 Å². The SMILES string of the molecule is CCc1nc(Cl)c(CCC(=O)O)[nH]1. The smallest absolute Gasteiger partial charge is 0.303 e. The number of carbonyl (C=O) groups is 1. The Kier molecular flexibility index (Phi) is 3.31. The van der Waals surface area contributed by atoms with Crippen LogP contribution < -0.4 is 0 Å². The maximum absolute atomic E-state index is 10.3. The number of aromatic amines is 1. The monoisotopic (exact) mass is 202 g/mol. The Balaban J connectivity index is 2.65. The fourth-order valence-electron chi connectivity index (χ4n) is 1.00. The van der Waals surface area contributed by atoms with Crippen molar-refractivity contribution in [2.75, 3.05) is 0 Å². The van der Waals surface area contributed by atoms with Crippen molar-refractivity contribution in [1.82, 2.24) is 9.97 Å². The summed E-state index contributed by atoms with van der Waals surface area (Å²) in [5, 5.41) is 8.84. The van der Waals surface area contributed by atoms with Crippen molar-refractivity contribution in [3.05, 3.63) is 16.7 Å². The highest BCUT2D eigenvalue weighted by Crippen LogP contribution is 2.14. The molecular formula is C8H11ClN2O2. The molecule has 4 nitrogen and oxygen atoms in total. The molecule has 5 heteroatoms. The van der Waals surface area contributed by atoms with Crippen LogP contribution in [-0.4, -0.2) is 21.0 Å². The molecule has 1 heterocycles. The number of aliphatic carboxylic acids is 1. The first-order chi connectivity index (χ1) is 6.13. The van der Waals surface area contributed by atoms with Gasteiger partial charge in [0, 0.05) is 12.8 Å². The summed E-state index contributed by atoms with van der Waals surface area (Å²) in [7, 11) is 0. The van der Waals surface area contributed by atoms with Crippen LogP contribution in [0.4, 0.5) is 0 Å². The number of H-pyrrole nitrogens is 1. The van der Waals surface area contributed by atoms with Gasteiger partial charge in [0.2, 0.25) is 0 Å². The number of rotatable bonds is 4. The molecule has 0 bridgehead atoms. The quantitative estimate of drug-likeness (QED) is 0.780. The number of aromatic nitrogens is 2. The molecule has 0 aliphatic heterocycles. The third kappa shape index (κ3) is 2.73. The number of hydrogen-bond donors (Lipinski definition) is 2. The Morgan fingerprint density at radius 1 is 1.69 bits per heavy atom. The molecule has 72 valence electrons. The summed E-state index contributed by atoms with van der Waals surface area (Å²) in [5.41, 5.74) is 0.709. The van der Waals surface area contributed by atoms with Crippen molar-refractivity contribution in [1.29, 1.82) is 0 Å². The standard InChI is InChI=1S/C8H11ClN2O2/c1-2-6-10-5(8(9)11-6)3-4-7(12)13/h2-4H2,1H3,(H,10,11)(H,12,13). The van der Waals surface area contributed by atoms with Gasteiger partial charge in [-0.15, -0.1) is 0 Å². The third-order valence-corrected chi connectivity index (χ3v) is 2.01. The molecule has 13 heavy (non-hydrogen) atoms. The Morgan fingerprint density at radius 2 is 2.38 bits per heavy atom. The molecule has 0 saturated carbocycles. The van der Waals surface area contributed by atoms with Crippen molar-refractivity contribution in [2.24, 2.45) is 0 Å². The van der Waals surface area contributed by atoms with Crippen molar-refractivity contribution < 1.29 is 9.90 Å². The highest BCUT2D eigenvalue weighted by molar-refractivity contribution is 6.30. The van der Waals surface area contributed by atoms with E-state index in [1.807, 2.05) is 6.92 Å². The first-order valence-corrected chi connectivity index (χ1v) is 4.46. The Hall–Kier alpha value is -1.03. The molecular weight excluding hydrogens is 192 g/mol. The van der Waals surface area contributed by atoms with Crippen LogP contribution in [0.15, 0.2) is 0 Å². The lowest BCUT2D eigenvalue weighted by molar-refractivity contribution is -0.136. The molecule has 1 rings (SSSR count). The lowest BCUT2D eigenvalue weighted by atomic mass is 10.2. The molecule has 0 amide bonds. The summed E-state index contributed by atoms with van der Waals surface area (Å²) in [6.07, 6.45) is 1.25. The van der Waals surface area contributed by atoms with Gasteiger partial charge < -0.3 is 10.1 Å². The van der Waals surface area contributed by atoms with E-state index in [0.29, 0.717) is 17.3 Å². The van der Waals surface area contributed by atoms with Crippen molar-refractivity contribution in [3.63, 3.8) is 0 Å². The van der Waals surface area contributed by atoms with Crippen LogP contribution in [-0.2, 0) is 17.6 Å². The first kappa shape index (κ1) is 10.1. The minimum atomic E-state index is -0.830. The lowest BCUT2D eigenvalue weighted by Crippen LogP contribution is -1.98. The fourth-order valence-corrected chi connectivity index (χ4v) is 1.25. The van der Waals surface area contributed by atoms with Gasteiger partial charge in [-0.2, -0.15) is 0 Å². The second-order valence-corrected chi connectivity index (χ2v) is 3.06. The number of nitrogens with zero attached hydrogens (tertiary/aromatic N) is 1. The second-order valence-electron chi connectivity index (χ2n) is 2.70. The van der Waals surface area contributed by atoms with Crippen LogP contribution >= 0.6 is 11.6 Å². The maximum atomic E-state index is 10.3. The molecule has 0 radical (unpaired) electrons. The number of hydrogen-bond acceptors (Lipinski definition) is 2. The average molecular weight is 203 g/mol. The van der Waals surface area contributed by atoms with E-state index >= 15 is 0 Å². The predicted octanol–water partition coefficient (Wildman–Crippen LogP) is 1.64. The van der Waals surface area contributed by atoms with E-state index in [1.165, 1.54) is 0 Å². The van der Waals surface area contributed by atoms with E-state index in [9.17, 15) is 4.79 Å².